The highest BCUT2D eigenvalue weighted by Crippen LogP contribution is 2.42. The summed E-state index contributed by atoms with van der Waals surface area (Å²) in [7, 11) is 1.63. The number of nitrogens with zero attached hydrogens (tertiary/aromatic N) is 4. The van der Waals surface area contributed by atoms with Crippen molar-refractivity contribution in [1.82, 2.24) is 9.97 Å². The van der Waals surface area contributed by atoms with Crippen molar-refractivity contribution in [2.75, 3.05) is 18.6 Å². The van der Waals surface area contributed by atoms with Crippen molar-refractivity contribution < 1.29 is 14.6 Å². The minimum Gasteiger partial charge on any atom is -0.481 e. The van der Waals surface area contributed by atoms with Crippen LogP contribution in [0.1, 0.15) is 42.9 Å². The Balaban J connectivity index is 1.53. The van der Waals surface area contributed by atoms with Gasteiger partial charge in [-0.1, -0.05) is 17.7 Å². The summed E-state index contributed by atoms with van der Waals surface area (Å²) in [4.78, 5) is 21.4. The van der Waals surface area contributed by atoms with Gasteiger partial charge in [-0.2, -0.15) is 10.2 Å². The molecule has 8 nitrogen and oxygen atoms in total. The van der Waals surface area contributed by atoms with Gasteiger partial charge in [0.2, 0.25) is 5.88 Å². The van der Waals surface area contributed by atoms with Gasteiger partial charge in [0.1, 0.15) is 0 Å². The van der Waals surface area contributed by atoms with Crippen molar-refractivity contribution in [3.63, 3.8) is 0 Å². The maximum atomic E-state index is 12.0. The van der Waals surface area contributed by atoms with Gasteiger partial charge in [0.25, 0.3) is 0 Å². The molecule has 1 amide bonds. The number of amides is 1. The number of aromatic nitrogens is 2. The van der Waals surface area contributed by atoms with Crippen LogP contribution in [0, 0.1) is 5.92 Å². The number of azo groups is 1. The van der Waals surface area contributed by atoms with E-state index in [0.717, 1.165) is 53.2 Å². The van der Waals surface area contributed by atoms with Gasteiger partial charge < -0.3 is 14.8 Å². The summed E-state index contributed by atoms with van der Waals surface area (Å²) in [6.07, 6.45) is 6.28. The second kappa shape index (κ2) is 8.43. The normalized spacial score (nSPS) is 22.4. The van der Waals surface area contributed by atoms with Gasteiger partial charge >= 0.3 is 6.09 Å². The van der Waals surface area contributed by atoms with Crippen LogP contribution in [-0.2, 0) is 6.54 Å². The molecule has 2 aromatic heterocycles. The summed E-state index contributed by atoms with van der Waals surface area (Å²) in [5.41, 5.74) is 3.55. The Labute approximate surface area is 190 Å². The van der Waals surface area contributed by atoms with Crippen LogP contribution in [0.25, 0.3) is 11.8 Å². The number of hydrogen-bond acceptors (Lipinski definition) is 5. The zero-order chi connectivity index (χ0) is 22.2. The number of carbonyl (C=O) groups is 1. The quantitative estimate of drug-likeness (QED) is 0.736. The highest BCUT2D eigenvalue weighted by molar-refractivity contribution is 6.36. The molecule has 5 rings (SSSR count). The second-order valence-electron chi connectivity index (χ2n) is 8.30. The molecule has 0 aromatic carbocycles. The van der Waals surface area contributed by atoms with Gasteiger partial charge in [0, 0.05) is 34.8 Å². The average molecular weight is 454 g/mol. The predicted octanol–water partition coefficient (Wildman–Crippen LogP) is 3.87. The van der Waals surface area contributed by atoms with Crippen LogP contribution in [0.15, 0.2) is 39.5 Å². The lowest BCUT2D eigenvalue weighted by Gasteiger charge is -2.29. The van der Waals surface area contributed by atoms with Gasteiger partial charge in [-0.15, -0.1) is 0 Å². The molecule has 32 heavy (non-hydrogen) atoms. The lowest BCUT2D eigenvalue weighted by atomic mass is 9.77. The minimum atomic E-state index is -1.01. The molecule has 1 saturated carbocycles. The second-order valence-corrected chi connectivity index (χ2v) is 8.70. The standard InChI is InChI=1S/C23H24ClN5O3/c1-32-19-4-2-3-17(27-19)13-5-7-14(8-6-13)20-16(24)9-10-29(23(30)31)22-15-11-25-26-12-18(15)28-21(20)22/h2-4,9,12-14,28H,5-8,10-11H2,1H3,(H,30,31). The largest absolute Gasteiger partial charge is 0.481 e. The van der Waals surface area contributed by atoms with Crippen LogP contribution in [0.3, 0.4) is 0 Å². The van der Waals surface area contributed by atoms with E-state index in [0.29, 0.717) is 29.1 Å². The number of H-pyrrole nitrogens is 1. The number of methoxy groups -OCH3 is 1. The molecule has 9 heteroatoms. The molecule has 1 fully saturated rings. The number of anilines is 1. The SMILES string of the molecule is COc1cccc(C2CCC(C3=c4[nH]c5c(c4N(C(=O)O)CC=C3Cl)CN=NC=5)CC2)n1. The first-order valence-electron chi connectivity index (χ1n) is 10.8. The zero-order valence-electron chi connectivity index (χ0n) is 17.7. The van der Waals surface area contributed by atoms with Crippen LogP contribution in [0.5, 0.6) is 5.88 Å². The molecule has 3 aliphatic rings. The van der Waals surface area contributed by atoms with E-state index in [4.69, 9.17) is 16.3 Å². The van der Waals surface area contributed by atoms with Crippen molar-refractivity contribution in [2.45, 2.75) is 38.1 Å². The summed E-state index contributed by atoms with van der Waals surface area (Å²) in [5.74, 6) is 1.23. The fourth-order valence-corrected chi connectivity index (χ4v) is 5.35. The third-order valence-electron chi connectivity index (χ3n) is 6.59. The monoisotopic (exact) mass is 453 g/mol. The third kappa shape index (κ3) is 3.58. The Kier molecular flexibility index (Phi) is 5.46. The molecule has 0 radical (unpaired) electrons. The number of hydrogen-bond donors (Lipinski definition) is 2. The summed E-state index contributed by atoms with van der Waals surface area (Å²) in [5, 5.41) is 20.2. The predicted molar refractivity (Wildman–Crippen MR) is 121 cm³/mol. The summed E-state index contributed by atoms with van der Waals surface area (Å²) < 4.78 is 5.28. The summed E-state index contributed by atoms with van der Waals surface area (Å²) in [6.45, 7) is 0.551. The molecule has 2 N–H and O–H groups in total. The molecule has 4 heterocycles. The van der Waals surface area contributed by atoms with E-state index in [9.17, 15) is 9.90 Å². The molecular weight excluding hydrogens is 430 g/mol. The van der Waals surface area contributed by atoms with Crippen molar-refractivity contribution >= 4 is 35.2 Å². The number of halogens is 1. The lowest BCUT2D eigenvalue weighted by Crippen LogP contribution is -2.33. The Bertz CT molecular complexity index is 1240. The lowest BCUT2D eigenvalue weighted by molar-refractivity contribution is 0.202. The van der Waals surface area contributed by atoms with Crippen LogP contribution >= 0.6 is 11.6 Å². The molecule has 0 bridgehead atoms. The van der Waals surface area contributed by atoms with E-state index in [2.05, 4.69) is 26.3 Å². The molecule has 0 unspecified atom stereocenters. The van der Waals surface area contributed by atoms with E-state index in [1.165, 1.54) is 4.90 Å². The number of carboxylic acid groups (broad SMARTS) is 1. The number of rotatable bonds is 3. The first kappa shape index (κ1) is 20.8. The van der Waals surface area contributed by atoms with Gasteiger partial charge in [-0.3, -0.25) is 4.90 Å². The minimum absolute atomic E-state index is 0.204. The van der Waals surface area contributed by atoms with E-state index in [1.54, 1.807) is 19.4 Å². The van der Waals surface area contributed by atoms with Gasteiger partial charge in [-0.25, -0.2) is 9.78 Å². The molecule has 2 aromatic rings. The van der Waals surface area contributed by atoms with Crippen LogP contribution < -0.4 is 20.3 Å². The first-order valence-corrected chi connectivity index (χ1v) is 11.1. The average Bonchev–Trinajstić information content (AvgIpc) is 3.11. The highest BCUT2D eigenvalue weighted by atomic mass is 35.5. The summed E-state index contributed by atoms with van der Waals surface area (Å²) >= 11 is 6.77. The van der Waals surface area contributed by atoms with Gasteiger partial charge in [0.05, 0.1) is 36.2 Å². The molecular formula is C23H24ClN5O3. The Morgan fingerprint density at radius 1 is 1.25 bits per heavy atom. The number of pyridine rings is 1. The Morgan fingerprint density at radius 2 is 2.03 bits per heavy atom. The van der Waals surface area contributed by atoms with Crippen LogP contribution in [-0.4, -0.2) is 34.8 Å². The molecule has 1 aliphatic carbocycles. The zero-order valence-corrected chi connectivity index (χ0v) is 18.5. The van der Waals surface area contributed by atoms with Crippen molar-refractivity contribution in [3.05, 3.63) is 51.3 Å². The number of fused-ring (bicyclic) bond motifs is 3. The fourth-order valence-electron chi connectivity index (χ4n) is 5.04. The smallest absolute Gasteiger partial charge is 0.412 e. The number of allylic oxidation sites excluding steroid dienone is 1. The van der Waals surface area contributed by atoms with Crippen LogP contribution in [0.2, 0.25) is 0 Å². The maximum absolute atomic E-state index is 12.0. The van der Waals surface area contributed by atoms with Crippen molar-refractivity contribution in [2.24, 2.45) is 16.1 Å². The molecule has 0 atom stereocenters. The Hall–Kier alpha value is -3.13. The first-order chi connectivity index (χ1) is 15.6. The molecule has 2 aliphatic heterocycles. The van der Waals surface area contributed by atoms with Crippen molar-refractivity contribution in [3.8, 4) is 5.88 Å². The van der Waals surface area contributed by atoms with Gasteiger partial charge in [-0.05, 0) is 49.3 Å². The number of nitrogens with one attached hydrogen (secondary N) is 1. The molecule has 0 spiro atoms. The topological polar surface area (TPSA) is 103 Å². The molecule has 166 valence electrons. The Morgan fingerprint density at radius 3 is 2.78 bits per heavy atom. The van der Waals surface area contributed by atoms with E-state index in [1.807, 2.05) is 12.1 Å². The number of ether oxygens (including phenoxy) is 1. The highest BCUT2D eigenvalue weighted by Gasteiger charge is 2.32. The van der Waals surface area contributed by atoms with Crippen molar-refractivity contribution in [1.29, 1.82) is 0 Å². The van der Waals surface area contributed by atoms with Gasteiger partial charge in [0.15, 0.2) is 0 Å². The third-order valence-corrected chi connectivity index (χ3v) is 6.95. The summed E-state index contributed by atoms with van der Waals surface area (Å²) in [6, 6.07) is 5.90. The van der Waals surface area contributed by atoms with E-state index in [-0.39, 0.29) is 12.5 Å². The number of aromatic amines is 1. The molecule has 0 saturated heterocycles. The van der Waals surface area contributed by atoms with E-state index < -0.39 is 6.09 Å². The fraction of sp³-hybridized carbons (Fsp3) is 0.391. The van der Waals surface area contributed by atoms with Crippen LogP contribution in [0.4, 0.5) is 10.5 Å². The maximum Gasteiger partial charge on any atom is 0.412 e. The van der Waals surface area contributed by atoms with E-state index >= 15 is 0 Å².